The number of hydrogen-bond acceptors (Lipinski definition) is 4. The van der Waals surface area contributed by atoms with Crippen LogP contribution in [0.5, 0.6) is 0 Å². The van der Waals surface area contributed by atoms with Gasteiger partial charge in [-0.1, -0.05) is 56.5 Å². The molecule has 36 heavy (non-hydrogen) atoms. The van der Waals surface area contributed by atoms with Gasteiger partial charge in [-0.2, -0.15) is 0 Å². The first kappa shape index (κ1) is 25.5. The zero-order chi connectivity index (χ0) is 25.8. The van der Waals surface area contributed by atoms with Crippen LogP contribution in [0, 0.1) is 6.92 Å². The molecule has 0 amide bonds. The highest BCUT2D eigenvalue weighted by Gasteiger charge is 2.22. The molecule has 5 heteroatoms. The summed E-state index contributed by atoms with van der Waals surface area (Å²) < 4.78 is 2.15. The lowest BCUT2D eigenvalue weighted by molar-refractivity contribution is 0.381. The second kappa shape index (κ2) is 11.0. The van der Waals surface area contributed by atoms with Crippen molar-refractivity contribution in [1.82, 2.24) is 19.5 Å². The topological polar surface area (TPSA) is 36.7 Å². The van der Waals surface area contributed by atoms with Crippen molar-refractivity contribution in [3.63, 3.8) is 0 Å². The van der Waals surface area contributed by atoms with Gasteiger partial charge in [-0.05, 0) is 72.9 Å². The SMILES string of the molecule is C=CCC(CC)c1c(C=C)cccc1CN(C)c1c(C)cc(C2=CCN(C(=C)C)CC2)c2nncn12. The van der Waals surface area contributed by atoms with Crippen molar-refractivity contribution in [2.45, 2.75) is 52.5 Å². The molecule has 0 fully saturated rings. The molecule has 0 radical (unpaired) electrons. The number of benzene rings is 1. The molecule has 1 atom stereocenters. The molecule has 0 saturated heterocycles. The van der Waals surface area contributed by atoms with Crippen LogP contribution in [0.1, 0.15) is 66.8 Å². The van der Waals surface area contributed by atoms with Crippen molar-refractivity contribution in [3.8, 4) is 0 Å². The number of hydrogen-bond donors (Lipinski definition) is 0. The second-order valence-corrected chi connectivity index (χ2v) is 9.86. The van der Waals surface area contributed by atoms with Crippen LogP contribution in [-0.2, 0) is 6.54 Å². The summed E-state index contributed by atoms with van der Waals surface area (Å²) in [7, 11) is 2.16. The zero-order valence-electron chi connectivity index (χ0n) is 22.3. The van der Waals surface area contributed by atoms with Crippen LogP contribution >= 0.6 is 0 Å². The van der Waals surface area contributed by atoms with E-state index in [1.807, 2.05) is 18.5 Å². The van der Waals surface area contributed by atoms with Crippen molar-refractivity contribution in [2.24, 2.45) is 0 Å². The summed E-state index contributed by atoms with van der Waals surface area (Å²) in [6.45, 7) is 21.3. The third-order valence-electron chi connectivity index (χ3n) is 7.40. The first-order chi connectivity index (χ1) is 17.4. The fraction of sp³-hybridized carbons (Fsp3) is 0.355. The van der Waals surface area contributed by atoms with E-state index in [9.17, 15) is 0 Å². The Labute approximate surface area is 216 Å². The minimum Gasteiger partial charge on any atom is -0.371 e. The molecule has 1 aromatic carbocycles. The zero-order valence-corrected chi connectivity index (χ0v) is 22.3. The molecule has 0 spiro atoms. The molecule has 3 aromatic rings. The van der Waals surface area contributed by atoms with Crippen molar-refractivity contribution in [1.29, 1.82) is 0 Å². The van der Waals surface area contributed by atoms with Gasteiger partial charge in [-0.3, -0.25) is 4.40 Å². The van der Waals surface area contributed by atoms with Crippen molar-refractivity contribution < 1.29 is 0 Å². The van der Waals surface area contributed by atoms with Crippen molar-refractivity contribution >= 4 is 23.1 Å². The first-order valence-electron chi connectivity index (χ1n) is 12.9. The Balaban J connectivity index is 1.72. The van der Waals surface area contributed by atoms with Gasteiger partial charge in [0.05, 0.1) is 0 Å². The summed E-state index contributed by atoms with van der Waals surface area (Å²) in [5.41, 5.74) is 9.66. The standard InChI is InChI=1S/C31H39N5/c1-8-12-24(9-2)29-25(10-3)13-11-14-27(29)20-34(7)31-23(6)19-28(30-33-32-21-36(30)31)26-15-17-35(18-16-26)22(4)5/h8,10-11,13-15,19,21,24H,1,3-4,9,12,16-18,20H2,2,5-7H3. The van der Waals surface area contributed by atoms with Gasteiger partial charge in [-0.25, -0.2) is 0 Å². The first-order valence-corrected chi connectivity index (χ1v) is 12.9. The average Bonchev–Trinajstić information content (AvgIpc) is 3.36. The maximum atomic E-state index is 4.54. The fourth-order valence-corrected chi connectivity index (χ4v) is 5.56. The van der Waals surface area contributed by atoms with Crippen LogP contribution in [0.25, 0.3) is 17.3 Å². The highest BCUT2D eigenvalue weighted by atomic mass is 15.3. The molecule has 0 saturated carbocycles. The Kier molecular flexibility index (Phi) is 7.78. The number of rotatable bonds is 10. The van der Waals surface area contributed by atoms with Gasteiger partial charge < -0.3 is 9.80 Å². The number of nitrogens with zero attached hydrogens (tertiary/aromatic N) is 5. The third-order valence-corrected chi connectivity index (χ3v) is 7.40. The predicted octanol–water partition coefficient (Wildman–Crippen LogP) is 7.01. The largest absolute Gasteiger partial charge is 0.371 e. The number of aromatic nitrogens is 3. The molecule has 0 N–H and O–H groups in total. The van der Waals surface area contributed by atoms with Gasteiger partial charge in [-0.15, -0.1) is 16.8 Å². The summed E-state index contributed by atoms with van der Waals surface area (Å²) in [4.78, 5) is 4.63. The molecular formula is C31H39N5. The predicted molar refractivity (Wildman–Crippen MR) is 153 cm³/mol. The highest BCUT2D eigenvalue weighted by molar-refractivity contribution is 5.79. The van der Waals surface area contributed by atoms with Crippen molar-refractivity contribution in [2.75, 3.05) is 25.0 Å². The Hall–Kier alpha value is -3.60. The third kappa shape index (κ3) is 4.88. The van der Waals surface area contributed by atoms with Crippen LogP contribution in [0.2, 0.25) is 0 Å². The molecule has 188 valence electrons. The summed E-state index contributed by atoms with van der Waals surface area (Å²) in [5.74, 6) is 1.54. The molecule has 2 aromatic heterocycles. The van der Waals surface area contributed by atoms with E-state index < -0.39 is 0 Å². The molecular weight excluding hydrogens is 442 g/mol. The van der Waals surface area contributed by atoms with Gasteiger partial charge in [0, 0.05) is 37.9 Å². The Morgan fingerprint density at radius 1 is 1.28 bits per heavy atom. The van der Waals surface area contributed by atoms with Gasteiger partial charge in [0.1, 0.15) is 12.1 Å². The molecule has 1 unspecified atom stereocenters. The van der Waals surface area contributed by atoms with Gasteiger partial charge >= 0.3 is 0 Å². The minimum absolute atomic E-state index is 0.426. The van der Waals surface area contributed by atoms with Crippen molar-refractivity contribution in [3.05, 3.63) is 96.0 Å². The summed E-state index contributed by atoms with van der Waals surface area (Å²) in [6.07, 6.45) is 11.2. The average molecular weight is 482 g/mol. The smallest absolute Gasteiger partial charge is 0.169 e. The Morgan fingerprint density at radius 3 is 2.72 bits per heavy atom. The normalized spacial score (nSPS) is 14.4. The maximum absolute atomic E-state index is 4.54. The van der Waals surface area contributed by atoms with E-state index in [0.29, 0.717) is 5.92 Å². The van der Waals surface area contributed by atoms with E-state index >= 15 is 0 Å². The number of allylic oxidation sites excluding steroid dienone is 2. The summed E-state index contributed by atoms with van der Waals surface area (Å²) in [6, 6.07) is 8.84. The van der Waals surface area contributed by atoms with Gasteiger partial charge in [0.25, 0.3) is 0 Å². The van der Waals surface area contributed by atoms with Crippen LogP contribution < -0.4 is 4.90 Å². The highest BCUT2D eigenvalue weighted by Crippen LogP contribution is 2.34. The van der Waals surface area contributed by atoms with Crippen LogP contribution in [-0.4, -0.2) is 39.6 Å². The molecule has 3 heterocycles. The van der Waals surface area contributed by atoms with E-state index in [-0.39, 0.29) is 0 Å². The number of anilines is 1. The second-order valence-electron chi connectivity index (χ2n) is 9.86. The molecule has 4 rings (SSSR count). The van der Waals surface area contributed by atoms with Gasteiger partial charge in [0.15, 0.2) is 5.65 Å². The number of fused-ring (bicyclic) bond motifs is 1. The molecule has 0 aliphatic carbocycles. The monoisotopic (exact) mass is 481 g/mol. The van der Waals surface area contributed by atoms with E-state index in [4.69, 9.17) is 0 Å². The van der Waals surface area contributed by atoms with Crippen LogP contribution in [0.15, 0.2) is 68.2 Å². The minimum atomic E-state index is 0.426. The number of aryl methyl sites for hydroxylation is 1. The lowest BCUT2D eigenvalue weighted by Gasteiger charge is -2.30. The van der Waals surface area contributed by atoms with Crippen LogP contribution in [0.4, 0.5) is 5.82 Å². The van der Waals surface area contributed by atoms with E-state index in [1.165, 1.54) is 33.4 Å². The quantitative estimate of drug-likeness (QED) is 0.292. The van der Waals surface area contributed by atoms with E-state index in [0.717, 1.165) is 56.1 Å². The summed E-state index contributed by atoms with van der Waals surface area (Å²) in [5, 5.41) is 8.85. The Morgan fingerprint density at radius 2 is 2.08 bits per heavy atom. The fourth-order valence-electron chi connectivity index (χ4n) is 5.56. The number of pyridine rings is 1. The maximum Gasteiger partial charge on any atom is 0.169 e. The van der Waals surface area contributed by atoms with E-state index in [2.05, 4.69) is 102 Å². The molecule has 1 aliphatic heterocycles. The molecule has 5 nitrogen and oxygen atoms in total. The van der Waals surface area contributed by atoms with Crippen LogP contribution in [0.3, 0.4) is 0 Å². The van der Waals surface area contributed by atoms with E-state index in [1.54, 1.807) is 0 Å². The Bertz CT molecular complexity index is 1310. The lowest BCUT2D eigenvalue weighted by Crippen LogP contribution is -2.26. The molecule has 1 aliphatic rings. The molecule has 0 bridgehead atoms. The lowest BCUT2D eigenvalue weighted by atomic mass is 9.85. The van der Waals surface area contributed by atoms with Gasteiger partial charge in [0.2, 0.25) is 0 Å². The summed E-state index contributed by atoms with van der Waals surface area (Å²) >= 11 is 0.